The molecule has 0 saturated heterocycles. The fraction of sp³-hybridized carbons (Fsp3) is 0.364. The highest BCUT2D eigenvalue weighted by Crippen LogP contribution is 2.28. The largest absolute Gasteiger partial charge is 0.494 e. The van der Waals surface area contributed by atoms with Crippen molar-refractivity contribution >= 4 is 11.8 Å². The van der Waals surface area contributed by atoms with Crippen LogP contribution in [-0.4, -0.2) is 12.7 Å². The van der Waals surface area contributed by atoms with E-state index >= 15 is 0 Å². The van der Waals surface area contributed by atoms with Crippen LogP contribution in [0, 0.1) is 13.8 Å². The lowest BCUT2D eigenvalue weighted by molar-refractivity contribution is 0.340. The molecule has 3 heteroatoms. The molecule has 0 aromatic heterocycles. The van der Waals surface area contributed by atoms with E-state index in [1.54, 1.807) is 6.08 Å². The molecule has 74 valence electrons. The monoisotopic (exact) mass is 191 g/mol. The molecule has 1 rings (SSSR count). The van der Waals surface area contributed by atoms with E-state index in [2.05, 4.69) is 4.99 Å². The van der Waals surface area contributed by atoms with Gasteiger partial charge in [0.25, 0.3) is 0 Å². The Balaban J connectivity index is 3.17. The molecule has 0 N–H and O–H groups in total. The van der Waals surface area contributed by atoms with Gasteiger partial charge >= 0.3 is 0 Å². The average Bonchev–Trinajstić information content (AvgIpc) is 2.12. The highest BCUT2D eigenvalue weighted by Gasteiger charge is 2.04. The summed E-state index contributed by atoms with van der Waals surface area (Å²) in [5.74, 6) is 0.812. The Labute approximate surface area is 83.4 Å². The summed E-state index contributed by atoms with van der Waals surface area (Å²) in [6.45, 7) is 6.36. The summed E-state index contributed by atoms with van der Waals surface area (Å²) in [5.41, 5.74) is 2.54. The van der Waals surface area contributed by atoms with Crippen molar-refractivity contribution in [2.45, 2.75) is 20.8 Å². The number of aryl methyl sites for hydroxylation is 2. The third-order valence-electron chi connectivity index (χ3n) is 1.93. The first-order valence-corrected chi connectivity index (χ1v) is 4.51. The number of hydrogen-bond acceptors (Lipinski definition) is 3. The maximum Gasteiger partial charge on any atom is 0.240 e. The first kappa shape index (κ1) is 10.5. The molecular weight excluding hydrogens is 178 g/mol. The quantitative estimate of drug-likeness (QED) is 0.544. The topological polar surface area (TPSA) is 38.7 Å². The van der Waals surface area contributed by atoms with Gasteiger partial charge in [-0.25, -0.2) is 4.79 Å². The zero-order valence-electron chi connectivity index (χ0n) is 8.63. The number of hydrogen-bond donors (Lipinski definition) is 0. The van der Waals surface area contributed by atoms with E-state index in [4.69, 9.17) is 4.74 Å². The molecule has 0 fully saturated rings. The van der Waals surface area contributed by atoms with Crippen LogP contribution in [0.15, 0.2) is 17.1 Å². The van der Waals surface area contributed by atoms with E-state index in [-0.39, 0.29) is 0 Å². The van der Waals surface area contributed by atoms with Crippen LogP contribution in [-0.2, 0) is 4.79 Å². The minimum atomic E-state index is 0.634. The first-order chi connectivity index (χ1) is 6.69. The fourth-order valence-electron chi connectivity index (χ4n) is 1.39. The standard InChI is InChI=1S/C11H13NO2/c1-4-14-10-5-8(2)11(12-7-13)9(3)6-10/h5-6H,4H2,1-3H3. The van der Waals surface area contributed by atoms with Gasteiger partial charge in [0.2, 0.25) is 6.08 Å². The highest BCUT2D eigenvalue weighted by molar-refractivity contribution is 5.60. The summed E-state index contributed by atoms with van der Waals surface area (Å²) in [6, 6.07) is 3.74. The van der Waals surface area contributed by atoms with Crippen LogP contribution in [0.3, 0.4) is 0 Å². The van der Waals surface area contributed by atoms with Gasteiger partial charge in [0.15, 0.2) is 0 Å². The van der Waals surface area contributed by atoms with Gasteiger partial charge in [-0.1, -0.05) is 0 Å². The van der Waals surface area contributed by atoms with Crippen molar-refractivity contribution in [3.05, 3.63) is 23.3 Å². The van der Waals surface area contributed by atoms with Crippen molar-refractivity contribution in [3.63, 3.8) is 0 Å². The Bertz CT molecular complexity index is 356. The maximum absolute atomic E-state index is 10.2. The minimum absolute atomic E-state index is 0.634. The summed E-state index contributed by atoms with van der Waals surface area (Å²) in [6.07, 6.45) is 1.55. The van der Waals surface area contributed by atoms with Crippen LogP contribution in [0.1, 0.15) is 18.1 Å². The highest BCUT2D eigenvalue weighted by atomic mass is 16.5. The SMILES string of the molecule is CCOc1cc(C)c(N=C=O)c(C)c1. The van der Waals surface area contributed by atoms with Gasteiger partial charge in [-0.15, -0.1) is 0 Å². The second-order valence-electron chi connectivity index (χ2n) is 3.04. The molecule has 3 nitrogen and oxygen atoms in total. The van der Waals surface area contributed by atoms with Crippen LogP contribution in [0.4, 0.5) is 5.69 Å². The van der Waals surface area contributed by atoms with E-state index in [9.17, 15) is 4.79 Å². The third kappa shape index (κ3) is 2.21. The second kappa shape index (κ2) is 4.58. The number of rotatable bonds is 3. The molecule has 0 aliphatic heterocycles. The minimum Gasteiger partial charge on any atom is -0.494 e. The molecule has 0 unspecified atom stereocenters. The Hall–Kier alpha value is -1.60. The van der Waals surface area contributed by atoms with Crippen molar-refractivity contribution in [1.29, 1.82) is 0 Å². The van der Waals surface area contributed by atoms with Gasteiger partial charge in [0.1, 0.15) is 5.75 Å². The lowest BCUT2D eigenvalue weighted by Gasteiger charge is -2.08. The van der Waals surface area contributed by atoms with E-state index in [0.29, 0.717) is 12.3 Å². The van der Waals surface area contributed by atoms with Gasteiger partial charge in [0, 0.05) is 0 Å². The lowest BCUT2D eigenvalue weighted by Crippen LogP contribution is -1.92. The fourth-order valence-corrected chi connectivity index (χ4v) is 1.39. The second-order valence-corrected chi connectivity index (χ2v) is 3.04. The predicted octanol–water partition coefficient (Wildman–Crippen LogP) is 2.67. The van der Waals surface area contributed by atoms with Crippen molar-refractivity contribution in [2.75, 3.05) is 6.61 Å². The van der Waals surface area contributed by atoms with Crippen LogP contribution in [0.2, 0.25) is 0 Å². The molecule has 0 amide bonds. The number of aliphatic imine (C=N–C) groups is 1. The number of ether oxygens (including phenoxy) is 1. The molecule has 0 saturated carbocycles. The van der Waals surface area contributed by atoms with Crippen molar-refractivity contribution in [2.24, 2.45) is 4.99 Å². The molecule has 1 aromatic rings. The summed E-state index contributed by atoms with van der Waals surface area (Å²) in [5, 5.41) is 0. The Morgan fingerprint density at radius 3 is 2.36 bits per heavy atom. The summed E-state index contributed by atoms with van der Waals surface area (Å²) in [4.78, 5) is 13.8. The number of carbonyl (C=O) groups excluding carboxylic acids is 1. The number of isocyanates is 1. The molecule has 0 heterocycles. The lowest BCUT2D eigenvalue weighted by atomic mass is 10.1. The van der Waals surface area contributed by atoms with Gasteiger partial charge in [-0.05, 0) is 44.0 Å². The molecule has 0 spiro atoms. The summed E-state index contributed by atoms with van der Waals surface area (Å²) in [7, 11) is 0. The maximum atomic E-state index is 10.2. The molecule has 0 atom stereocenters. The van der Waals surface area contributed by atoms with E-state index < -0.39 is 0 Å². The number of nitrogens with zero attached hydrogens (tertiary/aromatic N) is 1. The molecule has 0 aliphatic rings. The van der Waals surface area contributed by atoms with E-state index in [0.717, 1.165) is 16.9 Å². The van der Waals surface area contributed by atoms with Gasteiger partial charge < -0.3 is 4.74 Å². The van der Waals surface area contributed by atoms with Crippen LogP contribution < -0.4 is 4.74 Å². The summed E-state index contributed by atoms with van der Waals surface area (Å²) >= 11 is 0. The Kier molecular flexibility index (Phi) is 3.43. The Morgan fingerprint density at radius 2 is 1.93 bits per heavy atom. The normalized spacial score (nSPS) is 9.36. The first-order valence-electron chi connectivity index (χ1n) is 4.51. The van der Waals surface area contributed by atoms with Crippen molar-refractivity contribution < 1.29 is 9.53 Å². The molecule has 1 aromatic carbocycles. The Morgan fingerprint density at radius 1 is 1.36 bits per heavy atom. The number of benzene rings is 1. The molecular formula is C11H13NO2. The predicted molar refractivity (Wildman–Crippen MR) is 54.9 cm³/mol. The average molecular weight is 191 g/mol. The van der Waals surface area contributed by atoms with Crippen molar-refractivity contribution in [1.82, 2.24) is 0 Å². The molecule has 0 bridgehead atoms. The van der Waals surface area contributed by atoms with Crippen LogP contribution in [0.25, 0.3) is 0 Å². The van der Waals surface area contributed by atoms with E-state index in [1.807, 2.05) is 32.9 Å². The third-order valence-corrected chi connectivity index (χ3v) is 1.93. The molecule has 0 radical (unpaired) electrons. The summed E-state index contributed by atoms with van der Waals surface area (Å²) < 4.78 is 5.36. The van der Waals surface area contributed by atoms with Crippen molar-refractivity contribution in [3.8, 4) is 5.75 Å². The molecule has 14 heavy (non-hydrogen) atoms. The van der Waals surface area contributed by atoms with Gasteiger partial charge in [-0.3, -0.25) is 0 Å². The zero-order chi connectivity index (χ0) is 10.6. The zero-order valence-corrected chi connectivity index (χ0v) is 8.63. The molecule has 0 aliphatic carbocycles. The van der Waals surface area contributed by atoms with Crippen LogP contribution >= 0.6 is 0 Å². The van der Waals surface area contributed by atoms with Gasteiger partial charge in [-0.2, -0.15) is 4.99 Å². The van der Waals surface area contributed by atoms with Gasteiger partial charge in [0.05, 0.1) is 12.3 Å². The van der Waals surface area contributed by atoms with Crippen LogP contribution in [0.5, 0.6) is 5.75 Å². The van der Waals surface area contributed by atoms with E-state index in [1.165, 1.54) is 0 Å². The smallest absolute Gasteiger partial charge is 0.240 e.